The van der Waals surface area contributed by atoms with Crippen molar-refractivity contribution in [2.45, 2.75) is 6.04 Å². The molecule has 1 aliphatic heterocycles. The Morgan fingerprint density at radius 2 is 1.65 bits per heavy atom. The van der Waals surface area contributed by atoms with Gasteiger partial charge in [0.05, 0.1) is 0 Å². The van der Waals surface area contributed by atoms with Gasteiger partial charge in [-0.3, -0.25) is 10.1 Å². The molecular weight excluding hydrogens is 469 g/mol. The smallest absolute Gasteiger partial charge is 0.250 e. The highest BCUT2D eigenvalue weighted by atomic mass is 35.5. The zero-order chi connectivity index (χ0) is 22.6. The van der Waals surface area contributed by atoms with Gasteiger partial charge in [0.2, 0.25) is 5.95 Å². The Morgan fingerprint density at radius 3 is 2.35 bits per heavy atom. The minimum atomic E-state index is -0.305. The maximum absolute atomic E-state index is 12.4. The number of hydrogen-bond donors (Lipinski definition) is 2. The van der Waals surface area contributed by atoms with Gasteiger partial charge >= 0.3 is 0 Å². The second-order valence-corrected chi connectivity index (χ2v) is 7.94. The van der Waals surface area contributed by atoms with E-state index in [1.807, 2.05) is 84.9 Å². The van der Waals surface area contributed by atoms with Crippen molar-refractivity contribution < 1.29 is 4.79 Å². The number of rotatable bonds is 5. The van der Waals surface area contributed by atoms with Crippen LogP contribution in [-0.2, 0) is 4.79 Å². The van der Waals surface area contributed by atoms with E-state index in [2.05, 4.69) is 26.8 Å². The van der Waals surface area contributed by atoms with Crippen LogP contribution in [0.2, 0.25) is 5.02 Å². The Labute approximate surface area is 208 Å². The zero-order valence-electron chi connectivity index (χ0n) is 17.9. The van der Waals surface area contributed by atoms with E-state index in [-0.39, 0.29) is 30.3 Å². The molecule has 0 aliphatic carbocycles. The van der Waals surface area contributed by atoms with Crippen molar-refractivity contribution >= 4 is 53.6 Å². The maximum Gasteiger partial charge on any atom is 0.250 e. The third-order valence-electron chi connectivity index (χ3n) is 5.22. The number of benzene rings is 3. The number of carbonyl (C=O) groups excluding carboxylic acids is 1. The summed E-state index contributed by atoms with van der Waals surface area (Å²) >= 11 is 6.09. The lowest BCUT2D eigenvalue weighted by Gasteiger charge is -2.24. The van der Waals surface area contributed by atoms with E-state index in [0.717, 1.165) is 22.4 Å². The summed E-state index contributed by atoms with van der Waals surface area (Å²) in [6.07, 6.45) is 5.30. The normalized spacial score (nSPS) is 14.5. The van der Waals surface area contributed by atoms with Crippen molar-refractivity contribution in [3.8, 4) is 0 Å². The molecule has 2 heterocycles. The Kier molecular flexibility index (Phi) is 7.11. The van der Waals surface area contributed by atoms with Gasteiger partial charge in [0.15, 0.2) is 0 Å². The summed E-state index contributed by atoms with van der Waals surface area (Å²) < 4.78 is 1.76. The van der Waals surface area contributed by atoms with Crippen LogP contribution in [-0.4, -0.2) is 20.7 Å². The summed E-state index contributed by atoms with van der Waals surface area (Å²) in [5.41, 5.74) is 3.88. The van der Waals surface area contributed by atoms with Gasteiger partial charge in [0.1, 0.15) is 6.04 Å². The van der Waals surface area contributed by atoms with Gasteiger partial charge in [0, 0.05) is 16.8 Å². The lowest BCUT2D eigenvalue weighted by molar-refractivity contribution is -0.111. The summed E-state index contributed by atoms with van der Waals surface area (Å²) in [4.78, 5) is 17.0. The van der Waals surface area contributed by atoms with Crippen molar-refractivity contribution in [2.75, 3.05) is 10.6 Å². The zero-order valence-corrected chi connectivity index (χ0v) is 19.5. The van der Waals surface area contributed by atoms with Gasteiger partial charge in [-0.25, -0.2) is 4.68 Å². The van der Waals surface area contributed by atoms with Crippen LogP contribution >= 0.6 is 24.0 Å². The largest absolute Gasteiger partial charge is 0.324 e. The molecule has 1 aliphatic rings. The van der Waals surface area contributed by atoms with Crippen LogP contribution in [0.4, 0.5) is 11.9 Å². The molecule has 0 spiro atoms. The average molecular weight is 490 g/mol. The highest BCUT2D eigenvalue weighted by Crippen LogP contribution is 2.33. The molecule has 6 nitrogen and oxygen atoms in total. The van der Waals surface area contributed by atoms with Crippen molar-refractivity contribution in [2.24, 2.45) is 0 Å². The number of fused-ring (bicyclic) bond motifs is 1. The van der Waals surface area contributed by atoms with Crippen LogP contribution in [0.25, 0.3) is 11.8 Å². The number of carbonyl (C=O) groups is 1. The summed E-state index contributed by atoms with van der Waals surface area (Å²) in [5, 5.41) is 11.3. The monoisotopic (exact) mass is 489 g/mol. The molecule has 0 fully saturated rings. The first kappa shape index (κ1) is 23.3. The molecule has 0 bridgehead atoms. The number of nitrogens with zero attached hydrogens (tertiary/aromatic N) is 3. The second kappa shape index (κ2) is 10.4. The SMILES string of the molecule is Cl.O=C(/C=C/c1ccccc1)Nc1nc2n(n1)C(c1ccc(Cl)cc1)C=C(c1ccccc1)N2. The molecule has 1 amide bonds. The molecular formula is C26H21Cl2N5O. The number of hydrogen-bond acceptors (Lipinski definition) is 4. The van der Waals surface area contributed by atoms with Crippen LogP contribution in [0.1, 0.15) is 22.7 Å². The van der Waals surface area contributed by atoms with Crippen molar-refractivity contribution in [1.29, 1.82) is 0 Å². The van der Waals surface area contributed by atoms with E-state index in [9.17, 15) is 4.79 Å². The van der Waals surface area contributed by atoms with Gasteiger partial charge in [-0.05, 0) is 41.0 Å². The fourth-order valence-electron chi connectivity index (χ4n) is 3.62. The lowest BCUT2D eigenvalue weighted by Crippen LogP contribution is -2.20. The van der Waals surface area contributed by atoms with E-state index in [0.29, 0.717) is 11.0 Å². The first-order valence-corrected chi connectivity index (χ1v) is 10.8. The number of aromatic nitrogens is 3. The summed E-state index contributed by atoms with van der Waals surface area (Å²) in [5.74, 6) is 0.460. The molecule has 1 aromatic heterocycles. The van der Waals surface area contributed by atoms with E-state index in [1.54, 1.807) is 10.8 Å². The van der Waals surface area contributed by atoms with E-state index < -0.39 is 0 Å². The number of allylic oxidation sites excluding steroid dienone is 1. The molecule has 1 unspecified atom stereocenters. The second-order valence-electron chi connectivity index (χ2n) is 7.50. The van der Waals surface area contributed by atoms with Gasteiger partial charge in [-0.1, -0.05) is 84.4 Å². The Bertz CT molecular complexity index is 1330. The molecule has 0 radical (unpaired) electrons. The molecule has 170 valence electrons. The van der Waals surface area contributed by atoms with Crippen LogP contribution in [0.3, 0.4) is 0 Å². The summed E-state index contributed by atoms with van der Waals surface area (Å²) in [7, 11) is 0. The molecule has 3 aromatic carbocycles. The van der Waals surface area contributed by atoms with E-state index >= 15 is 0 Å². The topological polar surface area (TPSA) is 71.8 Å². The van der Waals surface area contributed by atoms with Crippen LogP contribution in [0.5, 0.6) is 0 Å². The molecule has 0 saturated carbocycles. The molecule has 2 N–H and O–H groups in total. The first-order valence-electron chi connectivity index (χ1n) is 10.5. The number of halogens is 2. The quantitative estimate of drug-likeness (QED) is 0.334. The van der Waals surface area contributed by atoms with Crippen LogP contribution in [0, 0.1) is 0 Å². The van der Waals surface area contributed by atoms with Gasteiger partial charge < -0.3 is 5.32 Å². The molecule has 34 heavy (non-hydrogen) atoms. The van der Waals surface area contributed by atoms with Gasteiger partial charge in [-0.15, -0.1) is 17.5 Å². The van der Waals surface area contributed by atoms with Crippen LogP contribution in [0.15, 0.2) is 97.1 Å². The minimum Gasteiger partial charge on any atom is -0.324 e. The standard InChI is InChI=1S/C26H20ClN5O.ClH/c27-21-14-12-20(13-15-21)23-17-22(19-9-5-2-6-10-19)28-26-30-25(31-32(23)26)29-24(33)16-11-18-7-3-1-4-8-18;/h1-17,23H,(H2,28,29,30,31,33);1H/b16-11+;. The average Bonchev–Trinajstić information content (AvgIpc) is 3.26. The van der Waals surface area contributed by atoms with Gasteiger partial charge in [0.25, 0.3) is 11.9 Å². The number of nitrogens with one attached hydrogen (secondary N) is 2. The van der Waals surface area contributed by atoms with E-state index in [1.165, 1.54) is 6.08 Å². The molecule has 1 atom stereocenters. The maximum atomic E-state index is 12.4. The highest BCUT2D eigenvalue weighted by Gasteiger charge is 2.25. The molecule has 5 rings (SSSR count). The number of anilines is 2. The summed E-state index contributed by atoms with van der Waals surface area (Å²) in [6, 6.07) is 27.0. The molecule has 8 heteroatoms. The molecule has 4 aromatic rings. The Hall–Kier alpha value is -3.87. The minimum absolute atomic E-state index is 0. The van der Waals surface area contributed by atoms with Crippen molar-refractivity contribution in [3.63, 3.8) is 0 Å². The summed E-state index contributed by atoms with van der Waals surface area (Å²) in [6.45, 7) is 0. The fourth-order valence-corrected chi connectivity index (χ4v) is 3.74. The van der Waals surface area contributed by atoms with E-state index in [4.69, 9.17) is 11.6 Å². The van der Waals surface area contributed by atoms with Gasteiger partial charge in [-0.2, -0.15) is 4.98 Å². The Morgan fingerprint density at radius 1 is 0.971 bits per heavy atom. The fraction of sp³-hybridized carbons (Fsp3) is 0.0385. The first-order chi connectivity index (χ1) is 16.2. The predicted molar refractivity (Wildman–Crippen MR) is 139 cm³/mol. The van der Waals surface area contributed by atoms with Crippen LogP contribution < -0.4 is 10.6 Å². The van der Waals surface area contributed by atoms with Crippen molar-refractivity contribution in [1.82, 2.24) is 14.8 Å². The Balaban J connectivity index is 0.00000274. The third-order valence-corrected chi connectivity index (χ3v) is 5.48. The third kappa shape index (κ3) is 5.20. The molecule has 0 saturated heterocycles. The lowest BCUT2D eigenvalue weighted by atomic mass is 10.0. The van der Waals surface area contributed by atoms with Crippen molar-refractivity contribution in [3.05, 3.63) is 119 Å². The number of amides is 1. The predicted octanol–water partition coefficient (Wildman–Crippen LogP) is 6.06. The highest BCUT2D eigenvalue weighted by molar-refractivity contribution is 6.30.